The van der Waals surface area contributed by atoms with Crippen molar-refractivity contribution in [1.82, 2.24) is 4.98 Å². The maximum atomic E-state index is 4.36. The summed E-state index contributed by atoms with van der Waals surface area (Å²) in [7, 11) is 0. The minimum Gasteiger partial charge on any atom is -0.311 e. The summed E-state index contributed by atoms with van der Waals surface area (Å²) < 4.78 is 2.57. The topological polar surface area (TPSA) is 16.1 Å². The fraction of sp³-hybridized carbons (Fsp3) is 0. The zero-order chi connectivity index (χ0) is 27.9. The number of thiophene rings is 1. The van der Waals surface area contributed by atoms with Gasteiger partial charge in [-0.15, -0.1) is 11.3 Å². The molecule has 0 aliphatic carbocycles. The van der Waals surface area contributed by atoms with Crippen LogP contribution in [0.4, 0.5) is 17.1 Å². The second-order valence-corrected chi connectivity index (χ2v) is 11.6. The molecule has 198 valence electrons. The molecule has 0 unspecified atom stereocenters. The SMILES string of the molecule is c1ccc(N(c2ccc(-c3ccc4ccccc4c3)cc2)c2ccc(-c3ccc4sc5ccncc5c4c3)cc2)cc1. The van der Waals surface area contributed by atoms with Crippen LogP contribution in [0.5, 0.6) is 0 Å². The largest absolute Gasteiger partial charge is 0.311 e. The minimum atomic E-state index is 1.12. The predicted octanol–water partition coefficient (Wildman–Crippen LogP) is 11.4. The van der Waals surface area contributed by atoms with Crippen LogP contribution in [0.25, 0.3) is 53.2 Å². The summed E-state index contributed by atoms with van der Waals surface area (Å²) in [4.78, 5) is 6.68. The molecule has 0 saturated heterocycles. The monoisotopic (exact) mass is 554 g/mol. The number of pyridine rings is 1. The van der Waals surface area contributed by atoms with E-state index in [1.54, 1.807) is 0 Å². The van der Waals surface area contributed by atoms with Gasteiger partial charge in [0.2, 0.25) is 0 Å². The van der Waals surface area contributed by atoms with E-state index < -0.39 is 0 Å². The van der Waals surface area contributed by atoms with E-state index in [1.807, 2.05) is 23.7 Å². The van der Waals surface area contributed by atoms with Crippen LogP contribution in [0.15, 0.2) is 158 Å². The number of rotatable bonds is 5. The molecule has 6 aromatic carbocycles. The van der Waals surface area contributed by atoms with Crippen LogP contribution in [0.3, 0.4) is 0 Å². The van der Waals surface area contributed by atoms with Crippen molar-refractivity contribution in [1.29, 1.82) is 0 Å². The molecule has 0 saturated carbocycles. The average molecular weight is 555 g/mol. The molecular formula is C39H26N2S. The van der Waals surface area contributed by atoms with Gasteiger partial charge in [-0.05, 0) is 93.7 Å². The lowest BCUT2D eigenvalue weighted by atomic mass is 10.0. The van der Waals surface area contributed by atoms with Gasteiger partial charge in [-0.1, -0.05) is 84.9 Å². The molecule has 0 amide bonds. The molecule has 2 nitrogen and oxygen atoms in total. The standard InChI is InChI=1S/C39H26N2S/c1-2-8-33(9-3-1)41(34-17-12-28(13-18-34)31-11-10-27-6-4-5-7-30(27)24-31)35-19-14-29(15-20-35)32-16-21-38-36(25-32)37-26-40-23-22-39(37)42-38/h1-26H. The van der Waals surface area contributed by atoms with E-state index in [9.17, 15) is 0 Å². The van der Waals surface area contributed by atoms with Gasteiger partial charge in [0.1, 0.15) is 0 Å². The summed E-state index contributed by atoms with van der Waals surface area (Å²) in [6, 6.07) is 52.4. The van der Waals surface area contributed by atoms with E-state index in [2.05, 4.69) is 155 Å². The number of hydrogen-bond donors (Lipinski definition) is 0. The van der Waals surface area contributed by atoms with Crippen LogP contribution in [-0.4, -0.2) is 4.98 Å². The first-order chi connectivity index (χ1) is 20.8. The lowest BCUT2D eigenvalue weighted by Crippen LogP contribution is -2.09. The minimum absolute atomic E-state index is 1.12. The molecule has 2 heterocycles. The Labute approximate surface area is 248 Å². The fourth-order valence-electron chi connectivity index (χ4n) is 5.80. The highest BCUT2D eigenvalue weighted by Gasteiger charge is 2.14. The smallest absolute Gasteiger partial charge is 0.0462 e. The number of nitrogens with zero attached hydrogens (tertiary/aromatic N) is 2. The molecule has 0 aliphatic heterocycles. The van der Waals surface area contributed by atoms with Gasteiger partial charge in [0.25, 0.3) is 0 Å². The summed E-state index contributed by atoms with van der Waals surface area (Å²) >= 11 is 1.82. The van der Waals surface area contributed by atoms with Crippen LogP contribution in [-0.2, 0) is 0 Å². The molecule has 8 aromatic rings. The van der Waals surface area contributed by atoms with E-state index >= 15 is 0 Å². The summed E-state index contributed by atoms with van der Waals surface area (Å²) in [5, 5.41) is 5.01. The van der Waals surface area contributed by atoms with Gasteiger partial charge < -0.3 is 4.90 Å². The number of anilines is 3. The van der Waals surface area contributed by atoms with Gasteiger partial charge in [-0.2, -0.15) is 0 Å². The van der Waals surface area contributed by atoms with E-state index in [1.165, 1.54) is 53.2 Å². The number of benzene rings is 6. The first kappa shape index (κ1) is 24.5. The molecule has 0 radical (unpaired) electrons. The third-order valence-corrected chi connectivity index (χ3v) is 9.10. The molecule has 3 heteroatoms. The van der Waals surface area contributed by atoms with Crippen molar-refractivity contribution < 1.29 is 0 Å². The lowest BCUT2D eigenvalue weighted by Gasteiger charge is -2.26. The highest BCUT2D eigenvalue weighted by molar-refractivity contribution is 7.25. The van der Waals surface area contributed by atoms with Crippen molar-refractivity contribution in [2.45, 2.75) is 0 Å². The molecule has 2 aromatic heterocycles. The van der Waals surface area contributed by atoms with E-state index in [0.29, 0.717) is 0 Å². The van der Waals surface area contributed by atoms with E-state index in [0.717, 1.165) is 17.1 Å². The first-order valence-electron chi connectivity index (χ1n) is 14.1. The Balaban J connectivity index is 1.15. The quantitative estimate of drug-likeness (QED) is 0.210. The summed E-state index contributed by atoms with van der Waals surface area (Å²) in [5.74, 6) is 0. The highest BCUT2D eigenvalue weighted by atomic mass is 32.1. The van der Waals surface area contributed by atoms with Gasteiger partial charge in [-0.3, -0.25) is 4.98 Å². The molecule has 0 fully saturated rings. The highest BCUT2D eigenvalue weighted by Crippen LogP contribution is 2.39. The van der Waals surface area contributed by atoms with Crippen LogP contribution >= 0.6 is 11.3 Å². The zero-order valence-corrected chi connectivity index (χ0v) is 23.6. The summed E-state index contributed by atoms with van der Waals surface area (Å²) in [6.45, 7) is 0. The van der Waals surface area contributed by atoms with Crippen molar-refractivity contribution in [3.05, 3.63) is 158 Å². The Morgan fingerprint density at radius 1 is 0.429 bits per heavy atom. The van der Waals surface area contributed by atoms with Crippen LogP contribution < -0.4 is 4.90 Å². The van der Waals surface area contributed by atoms with Crippen molar-refractivity contribution in [3.8, 4) is 22.3 Å². The van der Waals surface area contributed by atoms with Crippen LogP contribution in [0, 0.1) is 0 Å². The van der Waals surface area contributed by atoms with Gasteiger partial charge >= 0.3 is 0 Å². The zero-order valence-electron chi connectivity index (χ0n) is 22.8. The molecule has 0 atom stereocenters. The maximum Gasteiger partial charge on any atom is 0.0462 e. The first-order valence-corrected chi connectivity index (χ1v) is 14.9. The summed E-state index contributed by atoms with van der Waals surface area (Å²) in [5.41, 5.74) is 8.21. The van der Waals surface area contributed by atoms with Crippen molar-refractivity contribution in [3.63, 3.8) is 0 Å². The Morgan fingerprint density at radius 3 is 1.74 bits per heavy atom. The number of aromatic nitrogens is 1. The molecule has 42 heavy (non-hydrogen) atoms. The van der Waals surface area contributed by atoms with Crippen molar-refractivity contribution in [2.24, 2.45) is 0 Å². The number of hydrogen-bond acceptors (Lipinski definition) is 3. The van der Waals surface area contributed by atoms with Gasteiger partial charge in [0.05, 0.1) is 0 Å². The van der Waals surface area contributed by atoms with E-state index in [4.69, 9.17) is 0 Å². The lowest BCUT2D eigenvalue weighted by molar-refractivity contribution is 1.28. The Bertz CT molecular complexity index is 2180. The normalized spacial score (nSPS) is 11.3. The molecule has 0 spiro atoms. The molecule has 0 N–H and O–H groups in total. The predicted molar refractivity (Wildman–Crippen MR) is 180 cm³/mol. The number of para-hydroxylation sites is 1. The van der Waals surface area contributed by atoms with Crippen LogP contribution in [0.2, 0.25) is 0 Å². The van der Waals surface area contributed by atoms with Gasteiger partial charge in [-0.25, -0.2) is 0 Å². The average Bonchev–Trinajstić information content (AvgIpc) is 3.44. The molecule has 0 bridgehead atoms. The van der Waals surface area contributed by atoms with Crippen molar-refractivity contribution >= 4 is 59.3 Å². The second kappa shape index (κ2) is 10.3. The molecule has 0 aliphatic rings. The number of fused-ring (bicyclic) bond motifs is 4. The third-order valence-electron chi connectivity index (χ3n) is 7.95. The van der Waals surface area contributed by atoms with E-state index in [-0.39, 0.29) is 0 Å². The molecular weight excluding hydrogens is 529 g/mol. The Kier molecular flexibility index (Phi) is 6.02. The Hall–Kier alpha value is -5.25. The Morgan fingerprint density at radius 2 is 1.00 bits per heavy atom. The van der Waals surface area contributed by atoms with Gasteiger partial charge in [0.15, 0.2) is 0 Å². The second-order valence-electron chi connectivity index (χ2n) is 10.5. The summed E-state index contributed by atoms with van der Waals surface area (Å²) in [6.07, 6.45) is 3.84. The van der Waals surface area contributed by atoms with Crippen LogP contribution in [0.1, 0.15) is 0 Å². The van der Waals surface area contributed by atoms with Crippen molar-refractivity contribution in [2.75, 3.05) is 4.90 Å². The third kappa shape index (κ3) is 4.41. The van der Waals surface area contributed by atoms with Gasteiger partial charge in [0, 0.05) is 49.6 Å². The molecule has 8 rings (SSSR count). The maximum absolute atomic E-state index is 4.36. The fourth-order valence-corrected chi connectivity index (χ4v) is 6.85.